The number of hydrogen-bond donors (Lipinski definition) is 1. The molecule has 0 heterocycles. The molecular formula is C12H16O. The molecule has 1 nitrogen and oxygen atoms in total. The van der Waals surface area contributed by atoms with Crippen molar-refractivity contribution >= 4 is 5.76 Å². The lowest BCUT2D eigenvalue weighted by Gasteiger charge is -2.04. The van der Waals surface area contributed by atoms with Crippen LogP contribution in [-0.4, -0.2) is 5.11 Å². The van der Waals surface area contributed by atoms with Gasteiger partial charge in [-0.3, -0.25) is 0 Å². The lowest BCUT2D eigenvalue weighted by atomic mass is 10.1. The average Bonchev–Trinajstić information content (AvgIpc) is 2.17. The van der Waals surface area contributed by atoms with E-state index in [1.54, 1.807) is 0 Å². The summed E-state index contributed by atoms with van der Waals surface area (Å²) in [6.07, 6.45) is 0.889. The normalized spacial score (nSPS) is 12.5. The van der Waals surface area contributed by atoms with E-state index in [4.69, 9.17) is 0 Å². The maximum absolute atomic E-state index is 9.76. The third kappa shape index (κ3) is 2.35. The molecule has 13 heavy (non-hydrogen) atoms. The largest absolute Gasteiger partial charge is 0.507 e. The third-order valence-electron chi connectivity index (χ3n) is 2.26. The van der Waals surface area contributed by atoms with Crippen LogP contribution in [0.3, 0.4) is 0 Å². The Kier molecular flexibility index (Phi) is 3.13. The van der Waals surface area contributed by atoms with Gasteiger partial charge in [-0.25, -0.2) is 0 Å². The SMILES string of the molecule is CCC(C)=C(O)c1ccc(C)cc1. The van der Waals surface area contributed by atoms with Crippen LogP contribution in [0.25, 0.3) is 5.76 Å². The topological polar surface area (TPSA) is 20.2 Å². The predicted octanol–water partition coefficient (Wildman–Crippen LogP) is 3.69. The zero-order chi connectivity index (χ0) is 9.84. The molecule has 0 aliphatic heterocycles. The van der Waals surface area contributed by atoms with Gasteiger partial charge in [0.1, 0.15) is 5.76 Å². The first kappa shape index (κ1) is 9.85. The van der Waals surface area contributed by atoms with Crippen molar-refractivity contribution in [3.05, 3.63) is 41.0 Å². The molecule has 0 atom stereocenters. The number of allylic oxidation sites excluding steroid dienone is 1. The molecule has 1 rings (SSSR count). The van der Waals surface area contributed by atoms with Crippen molar-refractivity contribution in [1.82, 2.24) is 0 Å². The van der Waals surface area contributed by atoms with Gasteiger partial charge in [0, 0.05) is 5.56 Å². The maximum Gasteiger partial charge on any atom is 0.121 e. The minimum Gasteiger partial charge on any atom is -0.507 e. The van der Waals surface area contributed by atoms with Crippen molar-refractivity contribution < 1.29 is 5.11 Å². The van der Waals surface area contributed by atoms with Crippen LogP contribution in [0.15, 0.2) is 29.8 Å². The average molecular weight is 176 g/mol. The van der Waals surface area contributed by atoms with Crippen LogP contribution in [0.5, 0.6) is 0 Å². The van der Waals surface area contributed by atoms with Gasteiger partial charge in [0.2, 0.25) is 0 Å². The Bertz CT molecular complexity index is 306. The molecular weight excluding hydrogens is 160 g/mol. The number of aliphatic hydroxyl groups excluding tert-OH is 1. The summed E-state index contributed by atoms with van der Waals surface area (Å²) in [5, 5.41) is 9.76. The molecule has 0 spiro atoms. The summed E-state index contributed by atoms with van der Waals surface area (Å²) in [6.45, 7) is 6.03. The fraction of sp³-hybridized carbons (Fsp3) is 0.333. The second-order valence-corrected chi connectivity index (χ2v) is 3.35. The van der Waals surface area contributed by atoms with Gasteiger partial charge in [0.05, 0.1) is 0 Å². The van der Waals surface area contributed by atoms with Crippen molar-refractivity contribution in [3.8, 4) is 0 Å². The van der Waals surface area contributed by atoms with Gasteiger partial charge in [-0.2, -0.15) is 0 Å². The van der Waals surface area contributed by atoms with Crippen LogP contribution in [0.1, 0.15) is 31.4 Å². The number of aliphatic hydroxyl groups is 1. The predicted molar refractivity (Wildman–Crippen MR) is 56.7 cm³/mol. The summed E-state index contributed by atoms with van der Waals surface area (Å²) >= 11 is 0. The van der Waals surface area contributed by atoms with E-state index in [-0.39, 0.29) is 0 Å². The van der Waals surface area contributed by atoms with Gasteiger partial charge < -0.3 is 5.11 Å². The first-order chi connectivity index (χ1) is 6.15. The highest BCUT2D eigenvalue weighted by Crippen LogP contribution is 2.17. The first-order valence-corrected chi connectivity index (χ1v) is 4.61. The Morgan fingerprint density at radius 2 is 1.77 bits per heavy atom. The first-order valence-electron chi connectivity index (χ1n) is 4.61. The highest BCUT2D eigenvalue weighted by Gasteiger charge is 2.01. The van der Waals surface area contributed by atoms with Crippen molar-refractivity contribution in [2.24, 2.45) is 0 Å². The number of hydrogen-bond acceptors (Lipinski definition) is 1. The number of rotatable bonds is 2. The standard InChI is InChI=1S/C12H16O/c1-4-10(3)12(13)11-7-5-9(2)6-8-11/h5-8,13H,4H2,1-3H3. The van der Waals surface area contributed by atoms with Crippen molar-refractivity contribution in [1.29, 1.82) is 0 Å². The minimum atomic E-state index is 0.419. The monoisotopic (exact) mass is 176 g/mol. The molecule has 0 fully saturated rings. The second-order valence-electron chi connectivity index (χ2n) is 3.35. The lowest BCUT2D eigenvalue weighted by Crippen LogP contribution is -1.87. The molecule has 1 aromatic rings. The van der Waals surface area contributed by atoms with E-state index >= 15 is 0 Å². The van der Waals surface area contributed by atoms with Crippen molar-refractivity contribution in [3.63, 3.8) is 0 Å². The molecule has 1 heteroatoms. The van der Waals surface area contributed by atoms with E-state index in [0.29, 0.717) is 5.76 Å². The zero-order valence-electron chi connectivity index (χ0n) is 8.46. The number of aryl methyl sites for hydroxylation is 1. The molecule has 70 valence electrons. The van der Waals surface area contributed by atoms with Crippen LogP contribution < -0.4 is 0 Å². The van der Waals surface area contributed by atoms with E-state index in [9.17, 15) is 5.11 Å². The highest BCUT2D eigenvalue weighted by atomic mass is 16.3. The summed E-state index contributed by atoms with van der Waals surface area (Å²) in [7, 11) is 0. The Labute approximate surface area is 79.7 Å². The summed E-state index contributed by atoms with van der Waals surface area (Å²) in [4.78, 5) is 0. The van der Waals surface area contributed by atoms with Gasteiger partial charge >= 0.3 is 0 Å². The number of benzene rings is 1. The quantitative estimate of drug-likeness (QED) is 0.681. The fourth-order valence-corrected chi connectivity index (χ4v) is 1.13. The van der Waals surface area contributed by atoms with Crippen LogP contribution in [-0.2, 0) is 0 Å². The second kappa shape index (κ2) is 4.13. The van der Waals surface area contributed by atoms with Gasteiger partial charge in [0.25, 0.3) is 0 Å². The summed E-state index contributed by atoms with van der Waals surface area (Å²) in [5.41, 5.74) is 3.15. The molecule has 0 saturated carbocycles. The van der Waals surface area contributed by atoms with Crippen LogP contribution >= 0.6 is 0 Å². The Morgan fingerprint density at radius 1 is 1.23 bits per heavy atom. The highest BCUT2D eigenvalue weighted by molar-refractivity contribution is 5.61. The van der Waals surface area contributed by atoms with E-state index in [1.807, 2.05) is 45.0 Å². The smallest absolute Gasteiger partial charge is 0.121 e. The van der Waals surface area contributed by atoms with Gasteiger partial charge in [0.15, 0.2) is 0 Å². The molecule has 0 aliphatic rings. The van der Waals surface area contributed by atoms with E-state index in [1.165, 1.54) is 5.56 Å². The Balaban J connectivity index is 3.02. The third-order valence-corrected chi connectivity index (χ3v) is 2.26. The molecule has 0 bridgehead atoms. The summed E-state index contributed by atoms with van der Waals surface area (Å²) < 4.78 is 0. The Hall–Kier alpha value is -1.24. The summed E-state index contributed by atoms with van der Waals surface area (Å²) in [6, 6.07) is 7.91. The molecule has 0 unspecified atom stereocenters. The lowest BCUT2D eigenvalue weighted by molar-refractivity contribution is 0.504. The van der Waals surface area contributed by atoms with Gasteiger partial charge in [-0.1, -0.05) is 36.8 Å². The van der Waals surface area contributed by atoms with Gasteiger partial charge in [-0.15, -0.1) is 0 Å². The van der Waals surface area contributed by atoms with E-state index in [0.717, 1.165) is 17.6 Å². The van der Waals surface area contributed by atoms with Gasteiger partial charge in [-0.05, 0) is 25.8 Å². The molecule has 0 aliphatic carbocycles. The summed E-state index contributed by atoms with van der Waals surface area (Å²) in [5.74, 6) is 0.419. The van der Waals surface area contributed by atoms with E-state index < -0.39 is 0 Å². The van der Waals surface area contributed by atoms with Crippen LogP contribution in [0, 0.1) is 6.92 Å². The Morgan fingerprint density at radius 3 is 2.23 bits per heavy atom. The minimum absolute atomic E-state index is 0.419. The molecule has 0 saturated heterocycles. The fourth-order valence-electron chi connectivity index (χ4n) is 1.13. The molecule has 0 amide bonds. The molecule has 0 aromatic heterocycles. The van der Waals surface area contributed by atoms with Crippen LogP contribution in [0.4, 0.5) is 0 Å². The maximum atomic E-state index is 9.76. The van der Waals surface area contributed by atoms with Crippen molar-refractivity contribution in [2.75, 3.05) is 0 Å². The molecule has 1 N–H and O–H groups in total. The zero-order valence-corrected chi connectivity index (χ0v) is 8.46. The van der Waals surface area contributed by atoms with Crippen LogP contribution in [0.2, 0.25) is 0 Å². The molecule has 1 aromatic carbocycles. The van der Waals surface area contributed by atoms with E-state index in [2.05, 4.69) is 0 Å². The van der Waals surface area contributed by atoms with Crippen molar-refractivity contribution in [2.45, 2.75) is 27.2 Å². The molecule has 0 radical (unpaired) electrons.